The summed E-state index contributed by atoms with van der Waals surface area (Å²) in [5, 5.41) is -1.46. The Bertz CT molecular complexity index is 429. The van der Waals surface area contributed by atoms with Crippen LogP contribution in [0.2, 0.25) is 0 Å². The Morgan fingerprint density at radius 1 is 1.35 bits per heavy atom. The second-order valence-corrected chi connectivity index (χ2v) is 6.57. The summed E-state index contributed by atoms with van der Waals surface area (Å²) < 4.78 is 22.3. The van der Waals surface area contributed by atoms with E-state index in [2.05, 4.69) is 0 Å². The molecule has 7 heteroatoms. The first-order chi connectivity index (χ1) is 10.7. The lowest BCUT2D eigenvalue weighted by Gasteiger charge is -2.46. The van der Waals surface area contributed by atoms with Crippen LogP contribution in [-0.4, -0.2) is 55.4 Å². The summed E-state index contributed by atoms with van der Waals surface area (Å²) >= 11 is 6.38. The fourth-order valence-corrected chi connectivity index (χ4v) is 3.27. The van der Waals surface area contributed by atoms with E-state index in [0.717, 1.165) is 0 Å². The highest BCUT2D eigenvalue weighted by molar-refractivity contribution is 6.33. The lowest BCUT2D eigenvalue weighted by molar-refractivity contribution is -0.215. The van der Waals surface area contributed by atoms with Crippen molar-refractivity contribution in [2.45, 2.75) is 70.0 Å². The predicted molar refractivity (Wildman–Crippen MR) is 85.4 cm³/mol. The number of hydrogen-bond acceptors (Lipinski definition) is 6. The van der Waals surface area contributed by atoms with E-state index >= 15 is 0 Å². The molecule has 0 aromatic carbocycles. The van der Waals surface area contributed by atoms with Crippen molar-refractivity contribution in [1.29, 1.82) is 0 Å². The summed E-state index contributed by atoms with van der Waals surface area (Å²) in [5.41, 5.74) is 0. The molecule has 0 saturated carbocycles. The molecule has 0 aromatic heterocycles. The molecule has 1 aliphatic heterocycles. The second kappa shape index (κ2) is 8.42. The number of ketones is 1. The third kappa shape index (κ3) is 4.66. The van der Waals surface area contributed by atoms with Crippen molar-refractivity contribution < 1.29 is 28.5 Å². The summed E-state index contributed by atoms with van der Waals surface area (Å²) in [5.74, 6) is -0.761. The molecule has 0 amide bonds. The first kappa shape index (κ1) is 20.4. The fraction of sp³-hybridized carbons (Fsp3) is 0.875. The van der Waals surface area contributed by atoms with Gasteiger partial charge in [0.05, 0.1) is 12.2 Å². The zero-order chi connectivity index (χ0) is 17.8. The summed E-state index contributed by atoms with van der Waals surface area (Å²) in [6.07, 6.45) is -1.02. The number of alkyl halides is 1. The quantitative estimate of drug-likeness (QED) is 0.518. The van der Waals surface area contributed by atoms with E-state index in [0.29, 0.717) is 6.42 Å². The topological polar surface area (TPSA) is 71.1 Å². The van der Waals surface area contributed by atoms with Gasteiger partial charge in [-0.15, -0.1) is 0 Å². The molecule has 1 saturated heterocycles. The van der Waals surface area contributed by atoms with E-state index in [9.17, 15) is 9.59 Å². The molecule has 1 rings (SSSR count). The van der Waals surface area contributed by atoms with Gasteiger partial charge in [-0.25, -0.2) is 0 Å². The Kier molecular flexibility index (Phi) is 7.45. The maximum Gasteiger partial charge on any atom is 0.302 e. The van der Waals surface area contributed by atoms with E-state index in [1.807, 2.05) is 13.8 Å². The predicted octanol–water partition coefficient (Wildman–Crippen LogP) is 2.31. The number of esters is 1. The standard InChI is InChI=1S/C16H27ClO6/c1-7-12(22-11(4)19)15(21-6)14-9(2)13(20-5)8-16(17,23-14)10(3)18/h9,12-15H,7-8H2,1-6H3. The highest BCUT2D eigenvalue weighted by atomic mass is 35.5. The molecule has 0 radical (unpaired) electrons. The average Bonchev–Trinajstić information content (AvgIpc) is 2.49. The van der Waals surface area contributed by atoms with Crippen LogP contribution in [0.25, 0.3) is 0 Å². The Morgan fingerprint density at radius 2 is 1.96 bits per heavy atom. The van der Waals surface area contributed by atoms with Crippen molar-refractivity contribution in [2.75, 3.05) is 14.2 Å². The summed E-state index contributed by atoms with van der Waals surface area (Å²) in [7, 11) is 3.10. The van der Waals surface area contributed by atoms with Crippen LogP contribution >= 0.6 is 11.6 Å². The molecule has 6 atom stereocenters. The number of halogens is 1. The molecule has 6 unspecified atom stereocenters. The Balaban J connectivity index is 3.11. The highest BCUT2D eigenvalue weighted by Crippen LogP contribution is 2.40. The molecule has 0 bridgehead atoms. The van der Waals surface area contributed by atoms with Gasteiger partial charge in [0.15, 0.2) is 5.78 Å². The van der Waals surface area contributed by atoms with Crippen molar-refractivity contribution in [3.8, 4) is 0 Å². The van der Waals surface area contributed by atoms with E-state index < -0.39 is 29.3 Å². The normalized spacial score (nSPS) is 33.8. The molecule has 1 fully saturated rings. The fourth-order valence-electron chi connectivity index (χ4n) is 3.01. The summed E-state index contributed by atoms with van der Waals surface area (Å²) in [6.45, 7) is 6.57. The first-order valence-electron chi connectivity index (χ1n) is 7.80. The van der Waals surface area contributed by atoms with Crippen LogP contribution < -0.4 is 0 Å². The molecule has 0 spiro atoms. The van der Waals surface area contributed by atoms with Crippen LogP contribution in [0.5, 0.6) is 0 Å². The van der Waals surface area contributed by atoms with E-state index in [-0.39, 0.29) is 24.2 Å². The van der Waals surface area contributed by atoms with Crippen LogP contribution in [0.4, 0.5) is 0 Å². The lowest BCUT2D eigenvalue weighted by atomic mass is 9.84. The van der Waals surface area contributed by atoms with E-state index in [4.69, 9.17) is 30.5 Å². The van der Waals surface area contributed by atoms with Crippen molar-refractivity contribution in [3.63, 3.8) is 0 Å². The van der Waals surface area contributed by atoms with Crippen LogP contribution in [0.1, 0.15) is 40.5 Å². The van der Waals surface area contributed by atoms with E-state index in [1.54, 1.807) is 7.11 Å². The molecule has 6 nitrogen and oxygen atoms in total. The van der Waals surface area contributed by atoms with Gasteiger partial charge in [0.1, 0.15) is 12.2 Å². The van der Waals surface area contributed by atoms with Gasteiger partial charge >= 0.3 is 5.97 Å². The number of Topliss-reactive ketones (excluding diaryl/α,β-unsaturated/α-hetero) is 1. The number of carbonyl (C=O) groups is 2. The van der Waals surface area contributed by atoms with Gasteiger partial charge in [-0.1, -0.05) is 25.4 Å². The zero-order valence-electron chi connectivity index (χ0n) is 14.6. The van der Waals surface area contributed by atoms with Crippen LogP contribution in [0.3, 0.4) is 0 Å². The van der Waals surface area contributed by atoms with Crippen molar-refractivity contribution >= 4 is 23.4 Å². The number of ether oxygens (including phenoxy) is 4. The SMILES string of the molecule is CCC(OC(C)=O)C(OC)C1OC(Cl)(C(C)=O)CC(OC)C1C. The second-order valence-electron chi connectivity index (χ2n) is 5.96. The molecule has 134 valence electrons. The smallest absolute Gasteiger partial charge is 0.302 e. The third-order valence-electron chi connectivity index (χ3n) is 4.40. The van der Waals surface area contributed by atoms with E-state index in [1.165, 1.54) is 21.0 Å². The molecule has 1 aliphatic rings. The van der Waals surface area contributed by atoms with Crippen molar-refractivity contribution in [1.82, 2.24) is 0 Å². The monoisotopic (exact) mass is 350 g/mol. The Hall–Kier alpha value is -0.690. The molecule has 0 aromatic rings. The van der Waals surface area contributed by atoms with Gasteiger partial charge in [-0.2, -0.15) is 0 Å². The minimum Gasteiger partial charge on any atom is -0.460 e. The first-order valence-corrected chi connectivity index (χ1v) is 8.18. The molecular formula is C16H27ClO6. The Morgan fingerprint density at radius 3 is 2.35 bits per heavy atom. The van der Waals surface area contributed by atoms with Gasteiger partial charge < -0.3 is 18.9 Å². The molecular weight excluding hydrogens is 324 g/mol. The number of methoxy groups -OCH3 is 2. The van der Waals surface area contributed by atoms with Gasteiger partial charge in [-0.05, 0) is 13.3 Å². The van der Waals surface area contributed by atoms with Gasteiger partial charge in [-0.3, -0.25) is 9.59 Å². The van der Waals surface area contributed by atoms with Crippen molar-refractivity contribution in [2.24, 2.45) is 5.92 Å². The van der Waals surface area contributed by atoms with Crippen molar-refractivity contribution in [3.05, 3.63) is 0 Å². The molecule has 0 N–H and O–H groups in total. The molecule has 1 heterocycles. The maximum absolute atomic E-state index is 11.9. The van der Waals surface area contributed by atoms with Gasteiger partial charge in [0, 0.05) is 33.5 Å². The largest absolute Gasteiger partial charge is 0.460 e. The highest BCUT2D eigenvalue weighted by Gasteiger charge is 2.51. The van der Waals surface area contributed by atoms with Gasteiger partial charge in [0.2, 0.25) is 5.06 Å². The van der Waals surface area contributed by atoms with Crippen LogP contribution in [-0.2, 0) is 28.5 Å². The minimum absolute atomic E-state index is 0.0826. The zero-order valence-corrected chi connectivity index (χ0v) is 15.4. The molecule has 0 aliphatic carbocycles. The van der Waals surface area contributed by atoms with Crippen LogP contribution in [0, 0.1) is 5.92 Å². The summed E-state index contributed by atoms with van der Waals surface area (Å²) in [6, 6.07) is 0. The molecule has 23 heavy (non-hydrogen) atoms. The number of carbonyl (C=O) groups excluding carboxylic acids is 2. The third-order valence-corrected chi connectivity index (χ3v) is 4.91. The summed E-state index contributed by atoms with van der Waals surface area (Å²) in [4.78, 5) is 23.3. The van der Waals surface area contributed by atoms with Crippen LogP contribution in [0.15, 0.2) is 0 Å². The number of hydrogen-bond donors (Lipinski definition) is 0. The minimum atomic E-state index is -1.46. The lowest BCUT2D eigenvalue weighted by Crippen LogP contribution is -2.58. The average molecular weight is 351 g/mol. The number of rotatable bonds is 7. The van der Waals surface area contributed by atoms with Gasteiger partial charge in [0.25, 0.3) is 0 Å². The Labute approximate surface area is 142 Å². The maximum atomic E-state index is 11.9.